The molecule has 1 amide bonds. The summed E-state index contributed by atoms with van der Waals surface area (Å²) in [7, 11) is 0. The average Bonchev–Trinajstić information content (AvgIpc) is 3.23. The second kappa shape index (κ2) is 6.64. The molecule has 1 saturated heterocycles. The molecule has 1 N–H and O–H groups in total. The van der Waals surface area contributed by atoms with Crippen molar-refractivity contribution in [1.29, 1.82) is 0 Å². The molecule has 6 nitrogen and oxygen atoms in total. The van der Waals surface area contributed by atoms with Crippen LogP contribution in [0.3, 0.4) is 0 Å². The Bertz CT molecular complexity index is 1010. The van der Waals surface area contributed by atoms with Gasteiger partial charge in [-0.05, 0) is 38.8 Å². The van der Waals surface area contributed by atoms with Gasteiger partial charge in [0.1, 0.15) is 10.8 Å². The van der Waals surface area contributed by atoms with Crippen LogP contribution in [-0.4, -0.2) is 32.3 Å². The van der Waals surface area contributed by atoms with Gasteiger partial charge in [-0.25, -0.2) is 9.97 Å². The van der Waals surface area contributed by atoms with E-state index in [4.69, 9.17) is 4.98 Å². The van der Waals surface area contributed by atoms with Crippen LogP contribution in [0.2, 0.25) is 0 Å². The zero-order valence-corrected chi connectivity index (χ0v) is 15.6. The van der Waals surface area contributed by atoms with E-state index in [0.717, 1.165) is 28.1 Å². The van der Waals surface area contributed by atoms with Gasteiger partial charge in [0.2, 0.25) is 5.91 Å². The van der Waals surface area contributed by atoms with Crippen LogP contribution in [0.15, 0.2) is 29.1 Å². The number of nitrogens with one attached hydrogen (secondary N) is 1. The molecule has 1 aromatic carbocycles. The number of rotatable bonds is 3. The lowest BCUT2D eigenvalue weighted by Gasteiger charge is -2.23. The van der Waals surface area contributed by atoms with E-state index in [1.54, 1.807) is 25.2 Å². The predicted molar refractivity (Wildman–Crippen MR) is 101 cm³/mol. The highest BCUT2D eigenvalue weighted by molar-refractivity contribution is 7.18. The SMILES string of the molecule is Cc1nc(C)c(CC(=O)N2CCC[C@@H]2c2nc3ccccc3s2)c(=O)[nH]1. The lowest BCUT2D eigenvalue weighted by atomic mass is 10.1. The van der Waals surface area contributed by atoms with Crippen LogP contribution in [0, 0.1) is 13.8 Å². The Morgan fingerprint density at radius 3 is 2.88 bits per heavy atom. The maximum absolute atomic E-state index is 12.9. The molecule has 1 aliphatic rings. The summed E-state index contributed by atoms with van der Waals surface area (Å²) in [6.07, 6.45) is 1.94. The summed E-state index contributed by atoms with van der Waals surface area (Å²) in [6.45, 7) is 4.22. The fraction of sp³-hybridized carbons (Fsp3) is 0.368. The summed E-state index contributed by atoms with van der Waals surface area (Å²) >= 11 is 1.65. The van der Waals surface area contributed by atoms with Crippen molar-refractivity contribution in [2.75, 3.05) is 6.54 Å². The Kier molecular flexibility index (Phi) is 4.32. The van der Waals surface area contributed by atoms with E-state index in [2.05, 4.69) is 16.0 Å². The van der Waals surface area contributed by atoms with Crippen molar-refractivity contribution in [3.8, 4) is 0 Å². The zero-order valence-electron chi connectivity index (χ0n) is 14.8. The number of nitrogens with zero attached hydrogens (tertiary/aromatic N) is 3. The van der Waals surface area contributed by atoms with Crippen molar-refractivity contribution in [2.45, 2.75) is 39.2 Å². The molecule has 7 heteroatoms. The molecule has 3 aromatic rings. The number of thiazole rings is 1. The third-order valence-electron chi connectivity index (χ3n) is 4.84. The van der Waals surface area contributed by atoms with E-state index < -0.39 is 0 Å². The first-order chi connectivity index (χ1) is 12.5. The van der Waals surface area contributed by atoms with Crippen LogP contribution in [0.5, 0.6) is 0 Å². The van der Waals surface area contributed by atoms with Gasteiger partial charge in [0.15, 0.2) is 0 Å². The molecule has 3 heterocycles. The summed E-state index contributed by atoms with van der Waals surface area (Å²) in [4.78, 5) is 38.7. The van der Waals surface area contributed by atoms with Gasteiger partial charge >= 0.3 is 0 Å². The highest BCUT2D eigenvalue weighted by Gasteiger charge is 2.32. The number of carbonyl (C=O) groups is 1. The van der Waals surface area contributed by atoms with E-state index >= 15 is 0 Å². The number of aromatic nitrogens is 3. The minimum atomic E-state index is -0.223. The second-order valence-electron chi connectivity index (χ2n) is 6.66. The summed E-state index contributed by atoms with van der Waals surface area (Å²) in [5.74, 6) is 0.531. The molecule has 26 heavy (non-hydrogen) atoms. The molecule has 1 fully saturated rings. The number of hydrogen-bond acceptors (Lipinski definition) is 5. The molecule has 2 aromatic heterocycles. The molecule has 0 radical (unpaired) electrons. The molecular formula is C19H20N4O2S. The topological polar surface area (TPSA) is 79.0 Å². The van der Waals surface area contributed by atoms with Crippen molar-refractivity contribution in [1.82, 2.24) is 19.9 Å². The van der Waals surface area contributed by atoms with Crippen molar-refractivity contribution < 1.29 is 4.79 Å². The number of para-hydroxylation sites is 1. The first kappa shape index (κ1) is 16.9. The summed E-state index contributed by atoms with van der Waals surface area (Å²) in [6, 6.07) is 8.03. The number of carbonyl (C=O) groups excluding carboxylic acids is 1. The number of aromatic amines is 1. The van der Waals surface area contributed by atoms with Gasteiger partial charge in [0.05, 0.1) is 22.7 Å². The van der Waals surface area contributed by atoms with Crippen LogP contribution >= 0.6 is 11.3 Å². The Morgan fingerprint density at radius 1 is 1.31 bits per heavy atom. The van der Waals surface area contributed by atoms with Gasteiger partial charge in [-0.3, -0.25) is 9.59 Å². The summed E-state index contributed by atoms with van der Waals surface area (Å²) in [5.41, 5.74) is 1.83. The fourth-order valence-corrected chi connectivity index (χ4v) is 4.68. The molecule has 1 atom stereocenters. The van der Waals surface area contributed by atoms with Gasteiger partial charge in [0.25, 0.3) is 5.56 Å². The van der Waals surface area contributed by atoms with Crippen molar-refractivity contribution in [3.05, 3.63) is 56.7 Å². The van der Waals surface area contributed by atoms with Crippen LogP contribution < -0.4 is 5.56 Å². The largest absolute Gasteiger partial charge is 0.333 e. The van der Waals surface area contributed by atoms with Gasteiger partial charge < -0.3 is 9.88 Å². The molecule has 4 rings (SSSR count). The lowest BCUT2D eigenvalue weighted by Crippen LogP contribution is -2.34. The molecule has 0 aliphatic carbocycles. The number of hydrogen-bond donors (Lipinski definition) is 1. The Hall–Kier alpha value is -2.54. The molecule has 0 saturated carbocycles. The fourth-order valence-electron chi connectivity index (χ4n) is 3.57. The van der Waals surface area contributed by atoms with Crippen molar-refractivity contribution in [2.24, 2.45) is 0 Å². The molecule has 0 bridgehead atoms. The Labute approximate surface area is 154 Å². The van der Waals surface area contributed by atoms with Crippen molar-refractivity contribution >= 4 is 27.5 Å². The maximum atomic E-state index is 12.9. The quantitative estimate of drug-likeness (QED) is 0.771. The van der Waals surface area contributed by atoms with Crippen LogP contribution in [0.1, 0.15) is 41.0 Å². The maximum Gasteiger partial charge on any atom is 0.254 e. The number of benzene rings is 1. The van der Waals surface area contributed by atoms with Crippen LogP contribution in [-0.2, 0) is 11.2 Å². The van der Waals surface area contributed by atoms with Crippen LogP contribution in [0.25, 0.3) is 10.2 Å². The lowest BCUT2D eigenvalue weighted by molar-refractivity contribution is -0.131. The third-order valence-corrected chi connectivity index (χ3v) is 5.97. The van der Waals surface area contributed by atoms with E-state index in [0.29, 0.717) is 23.6 Å². The predicted octanol–water partition coefficient (Wildman–Crippen LogP) is 2.90. The number of fused-ring (bicyclic) bond motifs is 1. The first-order valence-corrected chi connectivity index (χ1v) is 9.56. The highest BCUT2D eigenvalue weighted by atomic mass is 32.1. The van der Waals surface area contributed by atoms with Gasteiger partial charge in [-0.15, -0.1) is 11.3 Å². The summed E-state index contributed by atoms with van der Waals surface area (Å²) < 4.78 is 1.14. The highest BCUT2D eigenvalue weighted by Crippen LogP contribution is 2.36. The van der Waals surface area contributed by atoms with Crippen LogP contribution in [0.4, 0.5) is 0 Å². The van der Waals surface area contributed by atoms with Gasteiger partial charge in [-0.1, -0.05) is 12.1 Å². The second-order valence-corrected chi connectivity index (χ2v) is 7.72. The van der Waals surface area contributed by atoms with Gasteiger partial charge in [-0.2, -0.15) is 0 Å². The minimum Gasteiger partial charge on any atom is -0.333 e. The smallest absolute Gasteiger partial charge is 0.254 e. The van der Waals surface area contributed by atoms with E-state index in [1.807, 2.05) is 23.1 Å². The third kappa shape index (κ3) is 3.03. The molecular weight excluding hydrogens is 348 g/mol. The standard InChI is InChI=1S/C19H20N4O2S/c1-11-13(18(25)21-12(2)20-11)10-17(24)23-9-5-7-15(23)19-22-14-6-3-4-8-16(14)26-19/h3-4,6,8,15H,5,7,9-10H2,1-2H3,(H,20,21,25)/t15-/m1/s1. The Balaban J connectivity index is 1.60. The average molecular weight is 368 g/mol. The van der Waals surface area contributed by atoms with Crippen molar-refractivity contribution in [3.63, 3.8) is 0 Å². The number of aryl methyl sites for hydroxylation is 2. The zero-order chi connectivity index (χ0) is 18.3. The first-order valence-electron chi connectivity index (χ1n) is 8.74. The van der Waals surface area contributed by atoms with E-state index in [9.17, 15) is 9.59 Å². The molecule has 1 aliphatic heterocycles. The number of amides is 1. The number of likely N-dealkylation sites (tertiary alicyclic amines) is 1. The van der Waals surface area contributed by atoms with E-state index in [-0.39, 0.29) is 23.9 Å². The number of H-pyrrole nitrogens is 1. The Morgan fingerprint density at radius 2 is 2.12 bits per heavy atom. The van der Waals surface area contributed by atoms with Gasteiger partial charge in [0, 0.05) is 17.8 Å². The molecule has 0 spiro atoms. The minimum absolute atomic E-state index is 0.00213. The molecule has 0 unspecified atom stereocenters. The summed E-state index contributed by atoms with van der Waals surface area (Å²) in [5, 5.41) is 0.977. The monoisotopic (exact) mass is 368 g/mol. The molecule has 134 valence electrons. The van der Waals surface area contributed by atoms with E-state index in [1.165, 1.54) is 0 Å². The normalized spacial score (nSPS) is 17.2.